The Hall–Kier alpha value is -3.22. The number of likely N-dealkylation sites (tertiary alicyclic amines) is 1. The van der Waals surface area contributed by atoms with E-state index in [9.17, 15) is 9.59 Å². The average Bonchev–Trinajstić information content (AvgIpc) is 3.08. The van der Waals surface area contributed by atoms with Crippen molar-refractivity contribution in [1.82, 2.24) is 4.90 Å². The van der Waals surface area contributed by atoms with Crippen molar-refractivity contribution in [2.45, 2.75) is 51.3 Å². The molecule has 0 saturated carbocycles. The van der Waals surface area contributed by atoms with E-state index in [0.29, 0.717) is 30.0 Å². The Labute approximate surface area is 170 Å². The van der Waals surface area contributed by atoms with E-state index in [1.165, 1.54) is 4.90 Å². The maximum atomic E-state index is 12.8. The van der Waals surface area contributed by atoms with E-state index in [-0.39, 0.29) is 6.04 Å². The molecule has 29 heavy (non-hydrogen) atoms. The van der Waals surface area contributed by atoms with E-state index >= 15 is 0 Å². The second-order valence-electron chi connectivity index (χ2n) is 8.11. The summed E-state index contributed by atoms with van der Waals surface area (Å²) in [5.74, 6) is 0.670. The average molecular weight is 397 g/mol. The van der Waals surface area contributed by atoms with Crippen molar-refractivity contribution < 1.29 is 19.1 Å². The molecule has 1 aliphatic rings. The van der Waals surface area contributed by atoms with Crippen molar-refractivity contribution >= 4 is 17.7 Å². The Balaban J connectivity index is 1.81. The van der Waals surface area contributed by atoms with Gasteiger partial charge in [0.2, 0.25) is 5.91 Å². The van der Waals surface area contributed by atoms with E-state index in [2.05, 4.69) is 0 Å². The van der Waals surface area contributed by atoms with Gasteiger partial charge in [0.25, 0.3) is 0 Å². The minimum atomic E-state index is -0.685. The first-order valence-electron chi connectivity index (χ1n) is 9.58. The first-order chi connectivity index (χ1) is 13.7. The van der Waals surface area contributed by atoms with Gasteiger partial charge in [-0.3, -0.25) is 9.69 Å². The summed E-state index contributed by atoms with van der Waals surface area (Å²) in [5, 5.41) is 0. The molecular formula is C22H27N3O4. The van der Waals surface area contributed by atoms with Crippen LogP contribution in [0.4, 0.5) is 10.5 Å². The van der Waals surface area contributed by atoms with Gasteiger partial charge in [0.1, 0.15) is 23.1 Å². The Kier molecular flexibility index (Phi) is 5.68. The quantitative estimate of drug-likeness (QED) is 0.759. The van der Waals surface area contributed by atoms with Crippen LogP contribution in [0.15, 0.2) is 48.5 Å². The fourth-order valence-electron chi connectivity index (χ4n) is 3.45. The van der Waals surface area contributed by atoms with Crippen molar-refractivity contribution in [2.75, 3.05) is 5.73 Å². The number of nitrogens with zero attached hydrogens (tertiary/aromatic N) is 1. The van der Waals surface area contributed by atoms with E-state index < -0.39 is 23.6 Å². The standard InChI is InChI=1S/C22H27N3O4/c1-22(2,3)29-21(27)25-17(12-13-18(25)20(24)26)14-8-10-15(11-9-14)28-19-7-5-4-6-16(19)23/h4-11,17-18H,12-13,23H2,1-3H3,(H2,24,26)/t17-,18+/m1/s1. The lowest BCUT2D eigenvalue weighted by molar-refractivity contribution is -0.122. The van der Waals surface area contributed by atoms with Crippen molar-refractivity contribution in [1.29, 1.82) is 0 Å². The molecule has 1 heterocycles. The fourth-order valence-corrected chi connectivity index (χ4v) is 3.45. The van der Waals surface area contributed by atoms with Crippen LogP contribution in [0.2, 0.25) is 0 Å². The number of hydrogen-bond acceptors (Lipinski definition) is 5. The van der Waals surface area contributed by atoms with Gasteiger partial charge in [-0.25, -0.2) is 4.79 Å². The highest BCUT2D eigenvalue weighted by Crippen LogP contribution is 2.38. The molecule has 2 atom stereocenters. The predicted octanol–water partition coefficient (Wildman–Crippen LogP) is 3.99. The smallest absolute Gasteiger partial charge is 0.411 e. The zero-order chi connectivity index (χ0) is 21.2. The first kappa shape index (κ1) is 20.5. The van der Waals surface area contributed by atoms with Gasteiger partial charge in [-0.2, -0.15) is 0 Å². The number of nitrogens with two attached hydrogens (primary N) is 2. The molecule has 2 amide bonds. The van der Waals surface area contributed by atoms with Gasteiger partial charge < -0.3 is 20.9 Å². The number of amides is 2. The minimum Gasteiger partial charge on any atom is -0.455 e. The Morgan fingerprint density at radius 3 is 2.28 bits per heavy atom. The van der Waals surface area contributed by atoms with Crippen molar-refractivity contribution in [3.63, 3.8) is 0 Å². The number of nitrogen functional groups attached to an aromatic ring is 1. The summed E-state index contributed by atoms with van der Waals surface area (Å²) in [5.41, 5.74) is 12.2. The number of anilines is 1. The lowest BCUT2D eigenvalue weighted by Gasteiger charge is -2.31. The van der Waals surface area contributed by atoms with E-state index in [1.807, 2.05) is 36.4 Å². The van der Waals surface area contributed by atoms with Gasteiger partial charge in [0.15, 0.2) is 0 Å². The van der Waals surface area contributed by atoms with Crippen LogP contribution in [0.25, 0.3) is 0 Å². The maximum absolute atomic E-state index is 12.8. The lowest BCUT2D eigenvalue weighted by Crippen LogP contribution is -2.46. The van der Waals surface area contributed by atoms with Gasteiger partial charge in [-0.1, -0.05) is 24.3 Å². The predicted molar refractivity (Wildman–Crippen MR) is 110 cm³/mol. The number of ether oxygens (including phenoxy) is 2. The van der Waals surface area contributed by atoms with Crippen molar-refractivity contribution in [3.8, 4) is 11.5 Å². The summed E-state index contributed by atoms with van der Waals surface area (Å²) in [4.78, 5) is 26.1. The molecule has 0 aliphatic carbocycles. The van der Waals surface area contributed by atoms with Crippen LogP contribution >= 0.6 is 0 Å². The Morgan fingerprint density at radius 2 is 1.69 bits per heavy atom. The molecule has 1 aliphatic heterocycles. The van der Waals surface area contributed by atoms with Crippen LogP contribution in [0.5, 0.6) is 11.5 Å². The van der Waals surface area contributed by atoms with Gasteiger partial charge in [-0.05, 0) is 63.4 Å². The Bertz CT molecular complexity index is 890. The van der Waals surface area contributed by atoms with Crippen LogP contribution in [0.1, 0.15) is 45.2 Å². The highest BCUT2D eigenvalue weighted by atomic mass is 16.6. The summed E-state index contributed by atoms with van der Waals surface area (Å²) < 4.78 is 11.3. The summed E-state index contributed by atoms with van der Waals surface area (Å²) in [6.07, 6.45) is 0.581. The zero-order valence-electron chi connectivity index (χ0n) is 16.9. The largest absolute Gasteiger partial charge is 0.455 e. The molecule has 0 bridgehead atoms. The topological polar surface area (TPSA) is 108 Å². The number of benzene rings is 2. The minimum absolute atomic E-state index is 0.293. The van der Waals surface area contributed by atoms with Gasteiger partial charge >= 0.3 is 6.09 Å². The third kappa shape index (κ3) is 4.80. The molecule has 7 nitrogen and oxygen atoms in total. The second-order valence-corrected chi connectivity index (χ2v) is 8.11. The number of carbonyl (C=O) groups excluding carboxylic acids is 2. The molecule has 0 radical (unpaired) electrons. The molecule has 1 fully saturated rings. The van der Waals surface area contributed by atoms with Crippen LogP contribution < -0.4 is 16.2 Å². The van der Waals surface area contributed by atoms with Gasteiger partial charge in [0, 0.05) is 0 Å². The number of rotatable bonds is 4. The molecule has 3 rings (SSSR count). The highest BCUT2D eigenvalue weighted by molar-refractivity contribution is 5.85. The summed E-state index contributed by atoms with van der Waals surface area (Å²) in [6, 6.07) is 13.6. The second kappa shape index (κ2) is 8.03. The van der Waals surface area contributed by atoms with Crippen molar-refractivity contribution in [2.24, 2.45) is 5.73 Å². The van der Waals surface area contributed by atoms with Crippen molar-refractivity contribution in [3.05, 3.63) is 54.1 Å². The summed E-state index contributed by atoms with van der Waals surface area (Å²) in [7, 11) is 0. The molecule has 0 unspecified atom stereocenters. The Morgan fingerprint density at radius 1 is 1.03 bits per heavy atom. The monoisotopic (exact) mass is 397 g/mol. The van der Waals surface area contributed by atoms with Gasteiger partial charge in [-0.15, -0.1) is 0 Å². The molecular weight excluding hydrogens is 370 g/mol. The molecule has 0 aromatic heterocycles. The number of carbonyl (C=O) groups is 2. The molecule has 1 saturated heterocycles. The fraction of sp³-hybridized carbons (Fsp3) is 0.364. The SMILES string of the molecule is CC(C)(C)OC(=O)N1[C@@H](c2ccc(Oc3ccccc3N)cc2)CC[C@H]1C(N)=O. The van der Waals surface area contributed by atoms with Crippen LogP contribution in [0.3, 0.4) is 0 Å². The molecule has 7 heteroatoms. The third-order valence-electron chi connectivity index (χ3n) is 4.73. The number of para-hydroxylation sites is 2. The van der Waals surface area contributed by atoms with Crippen LogP contribution in [-0.2, 0) is 9.53 Å². The normalized spacial score (nSPS) is 19.1. The third-order valence-corrected chi connectivity index (χ3v) is 4.73. The van der Waals surface area contributed by atoms with E-state index in [0.717, 1.165) is 5.56 Å². The maximum Gasteiger partial charge on any atom is 0.411 e. The molecule has 4 N–H and O–H groups in total. The first-order valence-corrected chi connectivity index (χ1v) is 9.58. The molecule has 2 aromatic carbocycles. The molecule has 2 aromatic rings. The molecule has 0 spiro atoms. The molecule has 154 valence electrons. The van der Waals surface area contributed by atoms with E-state index in [1.54, 1.807) is 32.9 Å². The van der Waals surface area contributed by atoms with E-state index in [4.69, 9.17) is 20.9 Å². The lowest BCUT2D eigenvalue weighted by atomic mass is 10.0. The summed E-state index contributed by atoms with van der Waals surface area (Å²) in [6.45, 7) is 5.37. The number of hydrogen-bond donors (Lipinski definition) is 2. The number of primary amides is 1. The highest BCUT2D eigenvalue weighted by Gasteiger charge is 2.42. The zero-order valence-corrected chi connectivity index (χ0v) is 16.9. The van der Waals surface area contributed by atoms with Gasteiger partial charge in [0.05, 0.1) is 11.7 Å². The van der Waals surface area contributed by atoms with Crippen LogP contribution in [-0.4, -0.2) is 28.5 Å². The van der Waals surface area contributed by atoms with Crippen LogP contribution in [0, 0.1) is 0 Å². The summed E-state index contributed by atoms with van der Waals surface area (Å²) >= 11 is 0.